The normalized spacial score (nSPS) is 17.3. The van der Waals surface area contributed by atoms with Crippen molar-refractivity contribution in [2.45, 2.75) is 44.2 Å². The van der Waals surface area contributed by atoms with Gasteiger partial charge in [-0.1, -0.05) is 0 Å². The molecule has 0 saturated heterocycles. The third-order valence-corrected chi connectivity index (χ3v) is 3.73. The van der Waals surface area contributed by atoms with Crippen LogP contribution in [0.3, 0.4) is 0 Å². The van der Waals surface area contributed by atoms with Crippen LogP contribution in [0, 0.1) is 0 Å². The van der Waals surface area contributed by atoms with Crippen LogP contribution >= 0.6 is 24.8 Å². The van der Waals surface area contributed by atoms with Crippen LogP contribution in [0.25, 0.3) is 0 Å². The maximum Gasteiger partial charge on any atom is 0.392 e. The zero-order chi connectivity index (χ0) is 14.9. The molecule has 0 unspecified atom stereocenters. The minimum absolute atomic E-state index is 0. The Balaban J connectivity index is 0.00000132. The predicted octanol–water partition coefficient (Wildman–Crippen LogP) is 3.22. The van der Waals surface area contributed by atoms with Gasteiger partial charge in [0.25, 0.3) is 0 Å². The number of alkyl halides is 3. The van der Waals surface area contributed by atoms with Gasteiger partial charge in [0, 0.05) is 24.4 Å². The van der Waals surface area contributed by atoms with Crippen molar-refractivity contribution >= 4 is 24.8 Å². The van der Waals surface area contributed by atoms with Crippen molar-refractivity contribution in [1.29, 1.82) is 0 Å². The maximum atomic E-state index is 12.3. The minimum atomic E-state index is -4.20. The van der Waals surface area contributed by atoms with Crippen LogP contribution in [-0.4, -0.2) is 35.8 Å². The molecule has 1 saturated carbocycles. The molecule has 9 heteroatoms. The van der Waals surface area contributed by atoms with E-state index in [4.69, 9.17) is 4.74 Å². The highest BCUT2D eigenvalue weighted by Crippen LogP contribution is 2.39. The molecular formula is C14H20Cl2F3N3O. The lowest BCUT2D eigenvalue weighted by atomic mass is 10.1. The van der Waals surface area contributed by atoms with Crippen molar-refractivity contribution in [3.05, 3.63) is 17.1 Å². The Hall–Kier alpha value is -0.790. The third kappa shape index (κ3) is 5.65. The largest absolute Gasteiger partial charge is 0.477 e. The monoisotopic (exact) mass is 373 g/mol. The van der Waals surface area contributed by atoms with E-state index >= 15 is 0 Å². The molecule has 4 nitrogen and oxygen atoms in total. The van der Waals surface area contributed by atoms with Crippen molar-refractivity contribution in [3.8, 4) is 5.88 Å². The van der Waals surface area contributed by atoms with Crippen LogP contribution in [0.2, 0.25) is 0 Å². The molecule has 1 aromatic rings. The molecule has 2 heterocycles. The molecule has 1 N–H and O–H groups in total. The van der Waals surface area contributed by atoms with E-state index < -0.39 is 12.6 Å². The summed E-state index contributed by atoms with van der Waals surface area (Å²) < 4.78 is 42.1. The van der Waals surface area contributed by atoms with Gasteiger partial charge >= 0.3 is 6.18 Å². The molecule has 3 rings (SSSR count). The molecule has 132 valence electrons. The van der Waals surface area contributed by atoms with Gasteiger partial charge in [-0.2, -0.15) is 18.2 Å². The van der Waals surface area contributed by atoms with Crippen LogP contribution < -0.4 is 10.1 Å². The van der Waals surface area contributed by atoms with E-state index in [1.165, 1.54) is 0 Å². The minimum Gasteiger partial charge on any atom is -0.477 e. The van der Waals surface area contributed by atoms with Crippen LogP contribution in [-0.2, 0) is 12.8 Å². The standard InChI is InChI=1S/C14H18F3N3O.2ClH/c15-14(16,17)5-8-21-13-10-3-6-18-7-4-11(10)19-12(20-13)9-1-2-9;;/h9,18H,1-8H2;2*1H. The summed E-state index contributed by atoms with van der Waals surface area (Å²) in [6, 6.07) is 0. The second kappa shape index (κ2) is 8.35. The van der Waals surface area contributed by atoms with Crippen LogP contribution in [0.15, 0.2) is 0 Å². The molecule has 2 aliphatic rings. The van der Waals surface area contributed by atoms with E-state index in [9.17, 15) is 13.2 Å². The third-order valence-electron chi connectivity index (χ3n) is 3.73. The summed E-state index contributed by atoms with van der Waals surface area (Å²) in [4.78, 5) is 8.98. The smallest absolute Gasteiger partial charge is 0.392 e. The van der Waals surface area contributed by atoms with Crippen molar-refractivity contribution in [2.75, 3.05) is 19.7 Å². The molecule has 1 aliphatic heterocycles. The topological polar surface area (TPSA) is 47.0 Å². The van der Waals surface area contributed by atoms with E-state index in [2.05, 4.69) is 15.3 Å². The number of rotatable bonds is 4. The second-order valence-corrected chi connectivity index (χ2v) is 5.55. The average Bonchev–Trinajstić information content (AvgIpc) is 3.23. The first-order valence-electron chi connectivity index (χ1n) is 7.33. The number of aromatic nitrogens is 2. The van der Waals surface area contributed by atoms with Gasteiger partial charge in [0.2, 0.25) is 5.88 Å². The summed E-state index contributed by atoms with van der Waals surface area (Å²) in [6.45, 7) is 1.22. The van der Waals surface area contributed by atoms with Gasteiger partial charge in [-0.15, -0.1) is 24.8 Å². The SMILES string of the molecule is Cl.Cl.FC(F)(F)CCOc1nc(C2CC2)nc2c1CCNCC2. The zero-order valence-corrected chi connectivity index (χ0v) is 14.1. The molecule has 23 heavy (non-hydrogen) atoms. The first-order valence-corrected chi connectivity index (χ1v) is 7.33. The summed E-state index contributed by atoms with van der Waals surface area (Å²) in [5.41, 5.74) is 1.80. The predicted molar refractivity (Wildman–Crippen MR) is 84.9 cm³/mol. The molecule has 0 atom stereocenters. The fraction of sp³-hybridized carbons (Fsp3) is 0.714. The van der Waals surface area contributed by atoms with Gasteiger partial charge in [-0.05, 0) is 25.8 Å². The summed E-state index contributed by atoms with van der Waals surface area (Å²) >= 11 is 0. The Kier molecular flexibility index (Phi) is 7.35. The van der Waals surface area contributed by atoms with E-state index in [0.29, 0.717) is 18.2 Å². The van der Waals surface area contributed by atoms with Gasteiger partial charge < -0.3 is 10.1 Å². The second-order valence-electron chi connectivity index (χ2n) is 5.55. The van der Waals surface area contributed by atoms with E-state index in [0.717, 1.165) is 49.4 Å². The molecule has 0 aromatic carbocycles. The number of ether oxygens (including phenoxy) is 1. The Morgan fingerprint density at radius 3 is 2.43 bits per heavy atom. The highest BCUT2D eigenvalue weighted by atomic mass is 35.5. The van der Waals surface area contributed by atoms with Crippen molar-refractivity contribution in [1.82, 2.24) is 15.3 Å². The highest BCUT2D eigenvalue weighted by Gasteiger charge is 2.30. The van der Waals surface area contributed by atoms with E-state index in [-0.39, 0.29) is 31.4 Å². The fourth-order valence-corrected chi connectivity index (χ4v) is 2.44. The molecule has 1 fully saturated rings. The summed E-state index contributed by atoms with van der Waals surface area (Å²) in [5, 5.41) is 3.26. The summed E-state index contributed by atoms with van der Waals surface area (Å²) in [5.74, 6) is 1.45. The van der Waals surface area contributed by atoms with Gasteiger partial charge in [0.15, 0.2) is 0 Å². The first-order chi connectivity index (χ1) is 10.0. The quantitative estimate of drug-likeness (QED) is 0.879. The highest BCUT2D eigenvalue weighted by molar-refractivity contribution is 5.85. The zero-order valence-electron chi connectivity index (χ0n) is 12.5. The number of nitrogens with zero attached hydrogens (tertiary/aromatic N) is 2. The van der Waals surface area contributed by atoms with Crippen LogP contribution in [0.4, 0.5) is 13.2 Å². The van der Waals surface area contributed by atoms with Gasteiger partial charge in [-0.25, -0.2) is 4.98 Å². The summed E-state index contributed by atoms with van der Waals surface area (Å²) in [7, 11) is 0. The molecule has 0 radical (unpaired) electrons. The van der Waals surface area contributed by atoms with Crippen molar-refractivity contribution < 1.29 is 17.9 Å². The number of hydrogen-bond donors (Lipinski definition) is 1. The lowest BCUT2D eigenvalue weighted by Crippen LogP contribution is -2.16. The van der Waals surface area contributed by atoms with Crippen molar-refractivity contribution in [3.63, 3.8) is 0 Å². The molecule has 1 aromatic heterocycles. The average molecular weight is 374 g/mol. The molecule has 1 aliphatic carbocycles. The Morgan fingerprint density at radius 1 is 1.09 bits per heavy atom. The maximum absolute atomic E-state index is 12.3. The molecular weight excluding hydrogens is 354 g/mol. The first kappa shape index (κ1) is 20.3. The van der Waals surface area contributed by atoms with Gasteiger partial charge in [0.05, 0.1) is 18.7 Å². The Morgan fingerprint density at radius 2 is 1.78 bits per heavy atom. The van der Waals surface area contributed by atoms with Crippen molar-refractivity contribution in [2.24, 2.45) is 0 Å². The number of fused-ring (bicyclic) bond motifs is 1. The van der Waals surface area contributed by atoms with E-state index in [1.54, 1.807) is 0 Å². The number of hydrogen-bond acceptors (Lipinski definition) is 4. The molecule has 0 spiro atoms. The Bertz CT molecular complexity index is 525. The van der Waals surface area contributed by atoms with Crippen LogP contribution in [0.5, 0.6) is 5.88 Å². The summed E-state index contributed by atoms with van der Waals surface area (Å²) in [6.07, 6.45) is -1.58. The fourth-order valence-electron chi connectivity index (χ4n) is 2.44. The lowest BCUT2D eigenvalue weighted by Gasteiger charge is -2.14. The number of halogens is 5. The van der Waals surface area contributed by atoms with Gasteiger partial charge in [0.1, 0.15) is 5.82 Å². The molecule has 0 amide bonds. The lowest BCUT2D eigenvalue weighted by molar-refractivity contribution is -0.139. The molecule has 0 bridgehead atoms. The van der Waals surface area contributed by atoms with Gasteiger partial charge in [-0.3, -0.25) is 0 Å². The van der Waals surface area contributed by atoms with Crippen LogP contribution in [0.1, 0.15) is 42.3 Å². The Labute approximate surface area is 145 Å². The van der Waals surface area contributed by atoms with E-state index in [1.807, 2.05) is 0 Å². The number of nitrogens with one attached hydrogen (secondary N) is 1.